The molecule has 0 aromatic heterocycles. The minimum absolute atomic E-state index is 0.207. The summed E-state index contributed by atoms with van der Waals surface area (Å²) in [7, 11) is 0. The molecule has 0 bridgehead atoms. The monoisotopic (exact) mass is 235 g/mol. The number of aliphatic hydroxyl groups is 1. The number of rotatable bonds is 4. The summed E-state index contributed by atoms with van der Waals surface area (Å²) in [6, 6.07) is 4.62. The van der Waals surface area contributed by atoms with Crippen LogP contribution in [0.5, 0.6) is 0 Å². The van der Waals surface area contributed by atoms with E-state index in [1.54, 1.807) is 6.07 Å². The topological polar surface area (TPSA) is 23.5 Å². The molecule has 0 aliphatic carbocycles. The lowest BCUT2D eigenvalue weighted by molar-refractivity contribution is 0.295. The highest BCUT2D eigenvalue weighted by Gasteiger charge is 2.06. The van der Waals surface area contributed by atoms with Crippen molar-refractivity contribution in [2.24, 2.45) is 0 Å². The zero-order valence-electron chi connectivity index (χ0n) is 10.3. The zero-order valence-corrected chi connectivity index (χ0v) is 10.3. The van der Waals surface area contributed by atoms with Gasteiger partial charge in [0, 0.05) is 12.1 Å². The fourth-order valence-corrected chi connectivity index (χ4v) is 1.63. The summed E-state index contributed by atoms with van der Waals surface area (Å²) >= 11 is 0. The molecule has 0 unspecified atom stereocenters. The van der Waals surface area contributed by atoms with Crippen molar-refractivity contribution in [3.63, 3.8) is 0 Å². The van der Waals surface area contributed by atoms with Crippen molar-refractivity contribution < 1.29 is 9.50 Å². The van der Waals surface area contributed by atoms with Gasteiger partial charge in [-0.1, -0.05) is 31.8 Å². The maximum absolute atomic E-state index is 13.1. The van der Waals surface area contributed by atoms with E-state index in [1.807, 2.05) is 0 Å². The summed E-state index contributed by atoms with van der Waals surface area (Å²) in [6.45, 7) is 6.61. The first kappa shape index (κ1) is 13.7. The van der Waals surface area contributed by atoms with Gasteiger partial charge in [-0.05, 0) is 30.8 Å². The second-order valence-corrected chi connectivity index (χ2v) is 3.72. The van der Waals surface area contributed by atoms with Crippen LogP contribution < -0.4 is 0 Å². The van der Waals surface area contributed by atoms with E-state index in [1.165, 1.54) is 12.1 Å². The average molecular weight is 235 g/mol. The van der Waals surface area contributed by atoms with Crippen LogP contribution in [-0.4, -0.2) is 29.7 Å². The van der Waals surface area contributed by atoms with E-state index >= 15 is 0 Å². The Hall–Kier alpha value is -1.37. The predicted octanol–water partition coefficient (Wildman–Crippen LogP) is 2.01. The Labute approximate surface area is 102 Å². The minimum atomic E-state index is -0.296. The van der Waals surface area contributed by atoms with Crippen molar-refractivity contribution in [3.8, 4) is 11.8 Å². The standard InChI is InChI=1S/C14H18FNO/c1-3-16(4-2)11-13-7-8-14(15)10-12(13)6-5-9-17/h7-8,10,17H,3-4,9,11H2,1-2H3. The van der Waals surface area contributed by atoms with Gasteiger partial charge in [-0.3, -0.25) is 4.90 Å². The predicted molar refractivity (Wildman–Crippen MR) is 67.0 cm³/mol. The summed E-state index contributed by atoms with van der Waals surface area (Å²) in [5.74, 6) is 5.06. The third kappa shape index (κ3) is 4.18. The van der Waals surface area contributed by atoms with Crippen molar-refractivity contribution >= 4 is 0 Å². The molecule has 0 heterocycles. The van der Waals surface area contributed by atoms with Gasteiger partial charge in [0.15, 0.2) is 0 Å². The summed E-state index contributed by atoms with van der Waals surface area (Å²) in [5.41, 5.74) is 1.65. The molecule has 0 saturated carbocycles. The van der Waals surface area contributed by atoms with Crippen LogP contribution in [0.15, 0.2) is 18.2 Å². The van der Waals surface area contributed by atoms with Crippen molar-refractivity contribution in [2.75, 3.05) is 19.7 Å². The maximum atomic E-state index is 13.1. The molecule has 0 aliphatic rings. The molecule has 0 aliphatic heterocycles. The van der Waals surface area contributed by atoms with Crippen molar-refractivity contribution in [3.05, 3.63) is 35.1 Å². The molecule has 3 heteroatoms. The molecule has 1 aromatic carbocycles. The minimum Gasteiger partial charge on any atom is -0.384 e. The van der Waals surface area contributed by atoms with Gasteiger partial charge in [0.05, 0.1) is 0 Å². The Morgan fingerprint density at radius 1 is 1.29 bits per heavy atom. The van der Waals surface area contributed by atoms with Gasteiger partial charge in [0.1, 0.15) is 12.4 Å². The van der Waals surface area contributed by atoms with Crippen LogP contribution in [0.3, 0.4) is 0 Å². The van der Waals surface area contributed by atoms with E-state index in [4.69, 9.17) is 5.11 Å². The van der Waals surface area contributed by atoms with E-state index in [0.29, 0.717) is 5.56 Å². The second-order valence-electron chi connectivity index (χ2n) is 3.72. The van der Waals surface area contributed by atoms with Crippen molar-refractivity contribution in [1.29, 1.82) is 0 Å². The number of halogens is 1. The average Bonchev–Trinajstić information content (AvgIpc) is 2.35. The zero-order chi connectivity index (χ0) is 12.7. The summed E-state index contributed by atoms with van der Waals surface area (Å²) in [5, 5.41) is 8.68. The van der Waals surface area contributed by atoms with E-state index < -0.39 is 0 Å². The Morgan fingerprint density at radius 2 is 2.00 bits per heavy atom. The molecule has 0 fully saturated rings. The van der Waals surface area contributed by atoms with Gasteiger partial charge in [0.2, 0.25) is 0 Å². The Morgan fingerprint density at radius 3 is 2.59 bits per heavy atom. The largest absolute Gasteiger partial charge is 0.384 e. The van der Waals surface area contributed by atoms with Crippen LogP contribution in [0.2, 0.25) is 0 Å². The molecular formula is C14H18FNO. The Balaban J connectivity index is 2.97. The molecular weight excluding hydrogens is 217 g/mol. The molecule has 0 saturated heterocycles. The molecule has 0 radical (unpaired) electrons. The van der Waals surface area contributed by atoms with E-state index in [0.717, 1.165) is 25.2 Å². The number of hydrogen-bond donors (Lipinski definition) is 1. The molecule has 17 heavy (non-hydrogen) atoms. The molecule has 1 N–H and O–H groups in total. The number of nitrogens with zero attached hydrogens (tertiary/aromatic N) is 1. The summed E-state index contributed by atoms with van der Waals surface area (Å²) < 4.78 is 13.1. The van der Waals surface area contributed by atoms with Crippen LogP contribution in [-0.2, 0) is 6.54 Å². The first-order valence-electron chi connectivity index (χ1n) is 5.81. The SMILES string of the molecule is CCN(CC)Cc1ccc(F)cc1C#CCO. The van der Waals surface area contributed by atoms with Crippen molar-refractivity contribution in [1.82, 2.24) is 4.90 Å². The fraction of sp³-hybridized carbons (Fsp3) is 0.429. The lowest BCUT2D eigenvalue weighted by Gasteiger charge is -2.18. The molecule has 1 aromatic rings. The normalized spacial score (nSPS) is 10.2. The third-order valence-corrected chi connectivity index (χ3v) is 2.66. The van der Waals surface area contributed by atoms with Crippen LogP contribution in [0, 0.1) is 17.7 Å². The van der Waals surface area contributed by atoms with Crippen molar-refractivity contribution in [2.45, 2.75) is 20.4 Å². The smallest absolute Gasteiger partial charge is 0.124 e. The highest BCUT2D eigenvalue weighted by Crippen LogP contribution is 2.13. The molecule has 0 spiro atoms. The lowest BCUT2D eigenvalue weighted by Crippen LogP contribution is -2.22. The molecule has 92 valence electrons. The van der Waals surface area contributed by atoms with Gasteiger partial charge in [-0.15, -0.1) is 0 Å². The number of benzene rings is 1. The highest BCUT2D eigenvalue weighted by molar-refractivity contribution is 5.41. The van der Waals surface area contributed by atoms with Crippen LogP contribution in [0.1, 0.15) is 25.0 Å². The first-order valence-corrected chi connectivity index (χ1v) is 5.81. The molecule has 2 nitrogen and oxygen atoms in total. The van der Waals surface area contributed by atoms with Crippen LogP contribution >= 0.6 is 0 Å². The number of aliphatic hydroxyl groups excluding tert-OH is 1. The number of hydrogen-bond acceptors (Lipinski definition) is 2. The van der Waals surface area contributed by atoms with Gasteiger partial charge < -0.3 is 5.11 Å². The second kappa shape index (κ2) is 7.05. The van der Waals surface area contributed by atoms with E-state index in [9.17, 15) is 4.39 Å². The molecule has 1 rings (SSSR count). The van der Waals surface area contributed by atoms with Gasteiger partial charge >= 0.3 is 0 Å². The van der Waals surface area contributed by atoms with E-state index in [2.05, 4.69) is 30.6 Å². The maximum Gasteiger partial charge on any atom is 0.124 e. The van der Waals surface area contributed by atoms with Crippen LogP contribution in [0.4, 0.5) is 4.39 Å². The molecule has 0 amide bonds. The van der Waals surface area contributed by atoms with Gasteiger partial charge in [0.25, 0.3) is 0 Å². The van der Waals surface area contributed by atoms with Crippen LogP contribution in [0.25, 0.3) is 0 Å². The Kier molecular flexibility index (Phi) is 5.68. The molecule has 0 atom stereocenters. The van der Waals surface area contributed by atoms with E-state index in [-0.39, 0.29) is 12.4 Å². The highest BCUT2D eigenvalue weighted by atomic mass is 19.1. The summed E-state index contributed by atoms with van der Waals surface area (Å²) in [4.78, 5) is 2.23. The fourth-order valence-electron chi connectivity index (χ4n) is 1.63. The quantitative estimate of drug-likeness (QED) is 0.807. The first-order chi connectivity index (χ1) is 8.21. The third-order valence-electron chi connectivity index (χ3n) is 2.66. The summed E-state index contributed by atoms with van der Waals surface area (Å²) in [6.07, 6.45) is 0. The Bertz CT molecular complexity index is 416. The lowest BCUT2D eigenvalue weighted by atomic mass is 10.1. The van der Waals surface area contributed by atoms with Gasteiger partial charge in [-0.2, -0.15) is 0 Å². The van der Waals surface area contributed by atoms with Gasteiger partial charge in [-0.25, -0.2) is 4.39 Å².